The smallest absolute Gasteiger partial charge is 0.246 e. The zero-order valence-corrected chi connectivity index (χ0v) is 11.6. The Morgan fingerprint density at radius 1 is 1.39 bits per heavy atom. The number of amides is 1. The molecule has 1 fully saturated rings. The van der Waals surface area contributed by atoms with E-state index in [4.69, 9.17) is 5.11 Å². The first-order chi connectivity index (χ1) is 8.70. The molecular weight excluding hydrogens is 294 g/mol. The van der Waals surface area contributed by atoms with Crippen molar-refractivity contribution in [3.8, 4) is 0 Å². The van der Waals surface area contributed by atoms with E-state index in [9.17, 15) is 4.79 Å². The number of carbonyl (C=O) groups excluding carboxylic acids is 1. The molecule has 1 saturated carbocycles. The molecule has 0 saturated heterocycles. The highest BCUT2D eigenvalue weighted by Crippen LogP contribution is 2.26. The van der Waals surface area contributed by atoms with Crippen molar-refractivity contribution >= 4 is 27.9 Å². The van der Waals surface area contributed by atoms with Crippen molar-refractivity contribution in [2.45, 2.75) is 18.9 Å². The van der Waals surface area contributed by atoms with E-state index in [1.54, 1.807) is 11.0 Å². The van der Waals surface area contributed by atoms with E-state index < -0.39 is 0 Å². The van der Waals surface area contributed by atoms with Crippen LogP contribution in [0, 0.1) is 0 Å². The summed E-state index contributed by atoms with van der Waals surface area (Å²) in [6.45, 7) is 0.447. The molecule has 1 N–H and O–H groups in total. The van der Waals surface area contributed by atoms with Crippen molar-refractivity contribution in [2.75, 3.05) is 13.2 Å². The van der Waals surface area contributed by atoms with Gasteiger partial charge in [-0.2, -0.15) is 0 Å². The monoisotopic (exact) mass is 309 g/mol. The van der Waals surface area contributed by atoms with E-state index in [1.807, 2.05) is 30.3 Å². The van der Waals surface area contributed by atoms with Gasteiger partial charge in [-0.05, 0) is 36.6 Å². The van der Waals surface area contributed by atoms with Crippen LogP contribution in [-0.4, -0.2) is 35.1 Å². The summed E-state index contributed by atoms with van der Waals surface area (Å²) in [5, 5.41) is 8.95. The van der Waals surface area contributed by atoms with Crippen LogP contribution in [0.2, 0.25) is 0 Å². The molecule has 0 heterocycles. The zero-order valence-electron chi connectivity index (χ0n) is 10.1. The van der Waals surface area contributed by atoms with Gasteiger partial charge in [-0.3, -0.25) is 4.79 Å². The maximum Gasteiger partial charge on any atom is 0.246 e. The molecule has 3 nitrogen and oxygen atoms in total. The number of halogens is 1. The molecule has 0 spiro atoms. The summed E-state index contributed by atoms with van der Waals surface area (Å²) in [7, 11) is 0. The second-order valence-corrected chi connectivity index (χ2v) is 5.29. The number of carbonyl (C=O) groups is 1. The van der Waals surface area contributed by atoms with Crippen LogP contribution in [-0.2, 0) is 4.79 Å². The lowest BCUT2D eigenvalue weighted by molar-refractivity contribution is -0.127. The fourth-order valence-corrected chi connectivity index (χ4v) is 2.07. The zero-order chi connectivity index (χ0) is 13.0. The topological polar surface area (TPSA) is 40.5 Å². The average Bonchev–Trinajstić information content (AvgIpc) is 3.19. The molecule has 96 valence electrons. The number of hydrogen-bond acceptors (Lipinski definition) is 2. The molecule has 1 aromatic carbocycles. The fourth-order valence-electron chi connectivity index (χ4n) is 1.80. The van der Waals surface area contributed by atoms with Crippen molar-refractivity contribution in [3.63, 3.8) is 0 Å². The van der Waals surface area contributed by atoms with Gasteiger partial charge in [0.25, 0.3) is 0 Å². The lowest BCUT2D eigenvalue weighted by atomic mass is 10.2. The average molecular weight is 310 g/mol. The van der Waals surface area contributed by atoms with Crippen molar-refractivity contribution in [1.29, 1.82) is 0 Å². The highest BCUT2D eigenvalue weighted by molar-refractivity contribution is 9.10. The van der Waals surface area contributed by atoms with Gasteiger partial charge >= 0.3 is 0 Å². The third-order valence-corrected chi connectivity index (χ3v) is 3.43. The molecule has 0 aromatic heterocycles. The number of rotatable bonds is 5. The molecule has 0 unspecified atom stereocenters. The standard InChI is InChI=1S/C14H16BrNO2/c15-12-4-1-11(2-5-12)3-8-14(18)16(9-10-17)13-6-7-13/h1-5,8,13,17H,6-7,9-10H2/b8-3+. The lowest BCUT2D eigenvalue weighted by Gasteiger charge is -2.19. The van der Waals surface area contributed by atoms with Crippen LogP contribution in [0.25, 0.3) is 6.08 Å². The van der Waals surface area contributed by atoms with Gasteiger partial charge in [0.2, 0.25) is 5.91 Å². The van der Waals surface area contributed by atoms with Gasteiger partial charge in [-0.1, -0.05) is 28.1 Å². The van der Waals surface area contributed by atoms with Crippen LogP contribution in [0.3, 0.4) is 0 Å². The van der Waals surface area contributed by atoms with Gasteiger partial charge in [0.05, 0.1) is 6.61 Å². The Kier molecular flexibility index (Phi) is 4.55. The summed E-state index contributed by atoms with van der Waals surface area (Å²) in [6, 6.07) is 8.11. The summed E-state index contributed by atoms with van der Waals surface area (Å²) < 4.78 is 1.02. The third kappa shape index (κ3) is 3.68. The van der Waals surface area contributed by atoms with Gasteiger partial charge in [0.15, 0.2) is 0 Å². The number of aliphatic hydroxyl groups excluding tert-OH is 1. The number of nitrogens with zero attached hydrogens (tertiary/aromatic N) is 1. The van der Waals surface area contributed by atoms with E-state index in [2.05, 4.69) is 15.9 Å². The molecule has 1 aliphatic carbocycles. The van der Waals surface area contributed by atoms with Crippen molar-refractivity contribution in [2.24, 2.45) is 0 Å². The highest BCUT2D eigenvalue weighted by Gasteiger charge is 2.30. The maximum absolute atomic E-state index is 12.0. The second-order valence-electron chi connectivity index (χ2n) is 4.37. The minimum Gasteiger partial charge on any atom is -0.395 e. The molecule has 1 aliphatic rings. The SMILES string of the molecule is O=C(/C=C/c1ccc(Br)cc1)N(CCO)C1CC1. The normalized spacial score (nSPS) is 15.0. The van der Waals surface area contributed by atoms with Crippen molar-refractivity contribution < 1.29 is 9.90 Å². The van der Waals surface area contributed by atoms with Crippen LogP contribution in [0.5, 0.6) is 0 Å². The van der Waals surface area contributed by atoms with Crippen molar-refractivity contribution in [3.05, 3.63) is 40.4 Å². The number of benzene rings is 1. The van der Waals surface area contributed by atoms with E-state index in [0.717, 1.165) is 22.9 Å². The first-order valence-electron chi connectivity index (χ1n) is 6.06. The first kappa shape index (κ1) is 13.3. The number of hydrogen-bond donors (Lipinski definition) is 1. The Morgan fingerprint density at radius 3 is 2.61 bits per heavy atom. The van der Waals surface area contributed by atoms with E-state index in [1.165, 1.54) is 0 Å². The Balaban J connectivity index is 1.98. The van der Waals surface area contributed by atoms with Gasteiger partial charge < -0.3 is 10.0 Å². The van der Waals surface area contributed by atoms with E-state index in [0.29, 0.717) is 12.6 Å². The third-order valence-electron chi connectivity index (χ3n) is 2.90. The van der Waals surface area contributed by atoms with Gasteiger partial charge in [0, 0.05) is 23.1 Å². The molecule has 0 aliphatic heterocycles. The minimum atomic E-state index is -0.0190. The quantitative estimate of drug-likeness (QED) is 0.849. The lowest BCUT2D eigenvalue weighted by Crippen LogP contribution is -2.34. The molecule has 0 atom stereocenters. The van der Waals surface area contributed by atoms with Crippen LogP contribution in [0.15, 0.2) is 34.8 Å². The maximum atomic E-state index is 12.0. The number of aliphatic hydroxyl groups is 1. The Morgan fingerprint density at radius 2 is 2.06 bits per heavy atom. The first-order valence-corrected chi connectivity index (χ1v) is 6.85. The predicted molar refractivity (Wildman–Crippen MR) is 75.0 cm³/mol. The molecule has 4 heteroatoms. The molecule has 18 heavy (non-hydrogen) atoms. The highest BCUT2D eigenvalue weighted by atomic mass is 79.9. The Hall–Kier alpha value is -1.13. The summed E-state index contributed by atoms with van der Waals surface area (Å²) in [4.78, 5) is 13.7. The summed E-state index contributed by atoms with van der Waals surface area (Å²) in [5.41, 5.74) is 0.992. The molecule has 1 amide bonds. The van der Waals surface area contributed by atoms with Crippen LogP contribution >= 0.6 is 15.9 Å². The molecule has 0 bridgehead atoms. The molecule has 1 aromatic rings. The van der Waals surface area contributed by atoms with Crippen molar-refractivity contribution in [1.82, 2.24) is 4.90 Å². The van der Waals surface area contributed by atoms with Gasteiger partial charge in [-0.25, -0.2) is 0 Å². The largest absolute Gasteiger partial charge is 0.395 e. The summed E-state index contributed by atoms with van der Waals surface area (Å²) in [6.07, 6.45) is 5.49. The van der Waals surface area contributed by atoms with Gasteiger partial charge in [-0.15, -0.1) is 0 Å². The van der Waals surface area contributed by atoms with Gasteiger partial charge in [0.1, 0.15) is 0 Å². The molecule has 2 rings (SSSR count). The van der Waals surface area contributed by atoms with E-state index >= 15 is 0 Å². The van der Waals surface area contributed by atoms with Crippen LogP contribution < -0.4 is 0 Å². The van der Waals surface area contributed by atoms with E-state index in [-0.39, 0.29) is 12.5 Å². The Labute approximate surface area is 115 Å². The molecular formula is C14H16BrNO2. The summed E-state index contributed by atoms with van der Waals surface area (Å²) in [5.74, 6) is -0.0190. The fraction of sp³-hybridized carbons (Fsp3) is 0.357. The minimum absolute atomic E-state index is 0.0190. The molecule has 0 radical (unpaired) electrons. The Bertz CT molecular complexity index is 438. The van der Waals surface area contributed by atoms with Crippen LogP contribution in [0.4, 0.5) is 0 Å². The van der Waals surface area contributed by atoms with Crippen LogP contribution in [0.1, 0.15) is 18.4 Å². The predicted octanol–water partition coefficient (Wildman–Crippen LogP) is 2.45. The second kappa shape index (κ2) is 6.16. The summed E-state index contributed by atoms with van der Waals surface area (Å²) >= 11 is 3.37.